The highest BCUT2D eigenvalue weighted by molar-refractivity contribution is 7.17. The molecule has 0 saturated heterocycles. The summed E-state index contributed by atoms with van der Waals surface area (Å²) in [6, 6.07) is 15.7. The minimum Gasteiger partial charge on any atom is -0.493 e. The Morgan fingerprint density at radius 1 is 1.17 bits per heavy atom. The summed E-state index contributed by atoms with van der Waals surface area (Å²) < 4.78 is 11.7. The lowest BCUT2D eigenvalue weighted by Crippen LogP contribution is -2.17. The molecule has 2 aromatic carbocycles. The van der Waals surface area contributed by atoms with Crippen molar-refractivity contribution in [3.8, 4) is 22.9 Å². The lowest BCUT2D eigenvalue weighted by atomic mass is 10.1. The van der Waals surface area contributed by atoms with Gasteiger partial charge in [0, 0.05) is 5.69 Å². The number of rotatable bonds is 6. The molecule has 2 heterocycles. The van der Waals surface area contributed by atoms with E-state index in [1.54, 1.807) is 48.5 Å². The van der Waals surface area contributed by atoms with Crippen molar-refractivity contribution in [3.05, 3.63) is 70.3 Å². The van der Waals surface area contributed by atoms with Crippen molar-refractivity contribution in [2.24, 2.45) is 0 Å². The van der Waals surface area contributed by atoms with Crippen LogP contribution in [0.2, 0.25) is 0 Å². The largest absolute Gasteiger partial charge is 0.493 e. The molecule has 8 heteroatoms. The van der Waals surface area contributed by atoms with Gasteiger partial charge in [-0.05, 0) is 48.2 Å². The van der Waals surface area contributed by atoms with Gasteiger partial charge >= 0.3 is 6.09 Å². The molecule has 0 fully saturated rings. The second kappa shape index (κ2) is 8.79. The molecule has 1 amide bonds. The van der Waals surface area contributed by atoms with Gasteiger partial charge in [-0.1, -0.05) is 25.1 Å². The third kappa shape index (κ3) is 4.33. The molecule has 4 aromatic rings. The first-order valence-electron chi connectivity index (χ1n) is 9.42. The van der Waals surface area contributed by atoms with E-state index >= 15 is 0 Å². The molecule has 2 N–H and O–H groups in total. The van der Waals surface area contributed by atoms with E-state index in [0.29, 0.717) is 45.4 Å². The number of para-hydroxylation sites is 1. The van der Waals surface area contributed by atoms with Gasteiger partial charge < -0.3 is 14.5 Å². The average Bonchev–Trinajstić information content (AvgIpc) is 3.23. The van der Waals surface area contributed by atoms with E-state index in [1.165, 1.54) is 11.3 Å². The zero-order valence-corrected chi connectivity index (χ0v) is 17.0. The van der Waals surface area contributed by atoms with Crippen LogP contribution in [-0.4, -0.2) is 22.7 Å². The predicted octanol–water partition coefficient (Wildman–Crippen LogP) is 5.05. The molecular formula is C22H19N3O4S. The molecule has 4 rings (SSSR count). The first-order valence-corrected chi connectivity index (χ1v) is 10.3. The number of anilines is 1. The van der Waals surface area contributed by atoms with Crippen LogP contribution in [0, 0.1) is 0 Å². The SMILES string of the molecule is CCCOc1ccc(NC(=O)Oc2ccccc2)cc1-c1nc2ccsc2c(=O)[nH]1. The van der Waals surface area contributed by atoms with Gasteiger partial charge in [-0.25, -0.2) is 9.78 Å². The molecule has 0 aliphatic rings. The van der Waals surface area contributed by atoms with Crippen molar-refractivity contribution >= 4 is 33.3 Å². The molecule has 7 nitrogen and oxygen atoms in total. The quantitative estimate of drug-likeness (QED) is 0.454. The maximum Gasteiger partial charge on any atom is 0.417 e. The lowest BCUT2D eigenvalue weighted by Gasteiger charge is -2.13. The van der Waals surface area contributed by atoms with E-state index < -0.39 is 6.09 Å². The molecule has 0 aliphatic carbocycles. The first-order chi connectivity index (χ1) is 14.6. The minimum atomic E-state index is -0.621. The topological polar surface area (TPSA) is 93.3 Å². The molecule has 0 unspecified atom stereocenters. The van der Waals surface area contributed by atoms with E-state index in [4.69, 9.17) is 9.47 Å². The van der Waals surface area contributed by atoms with Gasteiger partial charge in [0.1, 0.15) is 22.0 Å². The number of hydrogen-bond acceptors (Lipinski definition) is 6. The Hall–Kier alpha value is -3.65. The van der Waals surface area contributed by atoms with Crippen LogP contribution in [0.3, 0.4) is 0 Å². The predicted molar refractivity (Wildman–Crippen MR) is 118 cm³/mol. The van der Waals surface area contributed by atoms with E-state index in [2.05, 4.69) is 15.3 Å². The normalized spacial score (nSPS) is 10.7. The van der Waals surface area contributed by atoms with Gasteiger partial charge in [0.15, 0.2) is 0 Å². The Labute approximate surface area is 176 Å². The lowest BCUT2D eigenvalue weighted by molar-refractivity contribution is 0.215. The molecule has 0 atom stereocenters. The van der Waals surface area contributed by atoms with Gasteiger partial charge in [-0.15, -0.1) is 11.3 Å². The molecule has 2 aromatic heterocycles. The number of nitrogens with one attached hydrogen (secondary N) is 2. The maximum atomic E-state index is 12.4. The van der Waals surface area contributed by atoms with E-state index in [0.717, 1.165) is 6.42 Å². The number of carbonyl (C=O) groups excluding carboxylic acids is 1. The smallest absolute Gasteiger partial charge is 0.417 e. The minimum absolute atomic E-state index is 0.215. The van der Waals surface area contributed by atoms with Crippen molar-refractivity contribution in [1.82, 2.24) is 9.97 Å². The zero-order valence-electron chi connectivity index (χ0n) is 16.2. The number of hydrogen-bond donors (Lipinski definition) is 2. The number of aromatic nitrogens is 2. The summed E-state index contributed by atoms with van der Waals surface area (Å²) in [6.45, 7) is 2.52. The zero-order chi connectivity index (χ0) is 20.9. The first kappa shape index (κ1) is 19.7. The Bertz CT molecular complexity index is 1230. The van der Waals surface area contributed by atoms with Gasteiger partial charge in [-0.2, -0.15) is 0 Å². The Morgan fingerprint density at radius 3 is 2.80 bits per heavy atom. The highest BCUT2D eigenvalue weighted by Gasteiger charge is 2.14. The van der Waals surface area contributed by atoms with E-state index in [1.807, 2.05) is 18.4 Å². The maximum absolute atomic E-state index is 12.4. The van der Waals surface area contributed by atoms with Crippen molar-refractivity contribution in [2.75, 3.05) is 11.9 Å². The Morgan fingerprint density at radius 2 is 2.00 bits per heavy atom. The summed E-state index contributed by atoms with van der Waals surface area (Å²) in [5.41, 5.74) is 1.46. The molecule has 0 bridgehead atoms. The molecule has 0 saturated carbocycles. The fourth-order valence-electron chi connectivity index (χ4n) is 2.87. The molecule has 0 spiro atoms. The van der Waals surface area contributed by atoms with Crippen LogP contribution >= 0.6 is 11.3 Å². The molecular weight excluding hydrogens is 402 g/mol. The highest BCUT2D eigenvalue weighted by Crippen LogP contribution is 2.31. The number of H-pyrrole nitrogens is 1. The number of carbonyl (C=O) groups is 1. The molecule has 152 valence electrons. The second-order valence-electron chi connectivity index (χ2n) is 6.44. The summed E-state index contributed by atoms with van der Waals surface area (Å²) in [5.74, 6) is 1.38. The molecule has 0 radical (unpaired) electrons. The van der Waals surface area contributed by atoms with E-state index in [-0.39, 0.29) is 5.56 Å². The highest BCUT2D eigenvalue weighted by atomic mass is 32.1. The van der Waals surface area contributed by atoms with Crippen molar-refractivity contribution in [2.45, 2.75) is 13.3 Å². The van der Waals surface area contributed by atoms with Gasteiger partial charge in [0.05, 0.1) is 17.7 Å². The Kier molecular flexibility index (Phi) is 5.76. The number of benzene rings is 2. The standard InChI is InChI=1S/C22H19N3O4S/c1-2-11-28-18-9-8-14(23-22(27)29-15-6-4-3-5-7-15)13-16(18)20-24-17-10-12-30-19(17)21(26)25-20/h3-10,12-13H,2,11H2,1H3,(H,23,27)(H,24,25,26). The van der Waals surface area contributed by atoms with Crippen LogP contribution in [0.15, 0.2) is 64.8 Å². The van der Waals surface area contributed by atoms with Crippen LogP contribution < -0.4 is 20.3 Å². The molecule has 0 aliphatic heterocycles. The number of nitrogens with zero attached hydrogens (tertiary/aromatic N) is 1. The second-order valence-corrected chi connectivity index (χ2v) is 7.35. The summed E-state index contributed by atoms with van der Waals surface area (Å²) in [4.78, 5) is 32.0. The van der Waals surface area contributed by atoms with Gasteiger partial charge in [0.2, 0.25) is 0 Å². The third-order valence-corrected chi connectivity index (χ3v) is 5.11. The summed E-state index contributed by atoms with van der Waals surface area (Å²) in [7, 11) is 0. The number of aromatic amines is 1. The van der Waals surface area contributed by atoms with Crippen LogP contribution in [0.5, 0.6) is 11.5 Å². The van der Waals surface area contributed by atoms with Crippen LogP contribution in [-0.2, 0) is 0 Å². The summed E-state index contributed by atoms with van der Waals surface area (Å²) >= 11 is 1.34. The number of thiophene rings is 1. The van der Waals surface area contributed by atoms with E-state index in [9.17, 15) is 9.59 Å². The van der Waals surface area contributed by atoms with Crippen molar-refractivity contribution < 1.29 is 14.3 Å². The average molecular weight is 421 g/mol. The van der Waals surface area contributed by atoms with Crippen LogP contribution in [0.4, 0.5) is 10.5 Å². The molecule has 30 heavy (non-hydrogen) atoms. The van der Waals surface area contributed by atoms with Gasteiger partial charge in [-0.3, -0.25) is 10.1 Å². The third-order valence-electron chi connectivity index (χ3n) is 4.21. The fourth-order valence-corrected chi connectivity index (χ4v) is 3.60. The van der Waals surface area contributed by atoms with Crippen LogP contribution in [0.25, 0.3) is 21.6 Å². The number of amides is 1. The number of fused-ring (bicyclic) bond motifs is 1. The fraction of sp³-hybridized carbons (Fsp3) is 0.136. The summed E-state index contributed by atoms with van der Waals surface area (Å²) in [5, 5.41) is 4.52. The van der Waals surface area contributed by atoms with Crippen LogP contribution in [0.1, 0.15) is 13.3 Å². The van der Waals surface area contributed by atoms with Crippen molar-refractivity contribution in [1.29, 1.82) is 0 Å². The summed E-state index contributed by atoms with van der Waals surface area (Å²) in [6.07, 6.45) is 0.209. The monoisotopic (exact) mass is 421 g/mol. The number of ether oxygens (including phenoxy) is 2. The Balaban J connectivity index is 1.66. The van der Waals surface area contributed by atoms with Crippen molar-refractivity contribution in [3.63, 3.8) is 0 Å². The van der Waals surface area contributed by atoms with Gasteiger partial charge in [0.25, 0.3) is 5.56 Å².